The number of pyridine rings is 1. The van der Waals surface area contributed by atoms with Crippen LogP contribution in [0.1, 0.15) is 79.6 Å². The monoisotopic (exact) mass is 472 g/mol. The van der Waals surface area contributed by atoms with E-state index in [1.165, 1.54) is 0 Å². The van der Waals surface area contributed by atoms with Crippen LogP contribution in [0.3, 0.4) is 0 Å². The van der Waals surface area contributed by atoms with Gasteiger partial charge in [-0.1, -0.05) is 38.7 Å². The fourth-order valence-corrected chi connectivity index (χ4v) is 7.09. The molecule has 0 bridgehead atoms. The highest BCUT2D eigenvalue weighted by molar-refractivity contribution is 6.04. The Balaban J connectivity index is 1.41. The largest absolute Gasteiger partial charge is 0.392 e. The minimum Gasteiger partial charge on any atom is -0.392 e. The predicted octanol–water partition coefficient (Wildman–Crippen LogP) is 4.86. The number of anilines is 1. The van der Waals surface area contributed by atoms with Crippen molar-refractivity contribution in [3.8, 4) is 11.8 Å². The number of hydrogen-bond donors (Lipinski definition) is 3. The van der Waals surface area contributed by atoms with Crippen molar-refractivity contribution in [3.63, 3.8) is 0 Å². The van der Waals surface area contributed by atoms with Crippen LogP contribution in [0.25, 0.3) is 0 Å². The van der Waals surface area contributed by atoms with Crippen molar-refractivity contribution in [2.24, 2.45) is 23.2 Å². The first-order valence-electron chi connectivity index (χ1n) is 12.9. The molecule has 184 valence electrons. The van der Waals surface area contributed by atoms with Gasteiger partial charge in [0.15, 0.2) is 0 Å². The van der Waals surface area contributed by atoms with E-state index in [9.17, 15) is 15.0 Å². The Bertz CT molecular complexity index is 1210. The van der Waals surface area contributed by atoms with Gasteiger partial charge in [-0.2, -0.15) is 0 Å². The molecule has 2 aromatic rings. The Labute approximate surface area is 208 Å². The second-order valence-electron chi connectivity index (χ2n) is 11.4. The number of nitrogens with one attached hydrogen (secondary N) is 1. The summed E-state index contributed by atoms with van der Waals surface area (Å²) < 4.78 is 0. The van der Waals surface area contributed by atoms with Crippen LogP contribution in [0.5, 0.6) is 0 Å². The van der Waals surface area contributed by atoms with Crippen molar-refractivity contribution in [3.05, 3.63) is 58.9 Å². The zero-order valence-corrected chi connectivity index (χ0v) is 21.1. The third-order valence-electron chi connectivity index (χ3n) is 8.94. The number of aryl methyl sites for hydroxylation is 2. The van der Waals surface area contributed by atoms with E-state index in [-0.39, 0.29) is 17.7 Å². The Morgan fingerprint density at radius 2 is 2.06 bits per heavy atom. The number of hydrogen-bond acceptors (Lipinski definition) is 4. The van der Waals surface area contributed by atoms with Gasteiger partial charge in [-0.15, -0.1) is 0 Å². The molecule has 5 rings (SSSR count). The van der Waals surface area contributed by atoms with Crippen LogP contribution < -0.4 is 5.32 Å². The van der Waals surface area contributed by atoms with Gasteiger partial charge in [-0.25, -0.2) is 0 Å². The highest BCUT2D eigenvalue weighted by Crippen LogP contribution is 2.64. The maximum atomic E-state index is 12.9. The SMILES string of the molecule is Cc1ncccc1NC(=O)c1ccc2c(c1)CC[C@@H]1[C@@H]2[C@@H](O)C[C@@]2(C)[C@H]1CC[C@@]2(O)C#CC(C)C. The molecule has 3 aliphatic rings. The molecular formula is C30H36N2O3. The van der Waals surface area contributed by atoms with E-state index >= 15 is 0 Å². The molecule has 1 heterocycles. The molecule has 1 aromatic heterocycles. The molecule has 5 nitrogen and oxygen atoms in total. The molecule has 6 atom stereocenters. The zero-order chi connectivity index (χ0) is 25.0. The van der Waals surface area contributed by atoms with Gasteiger partial charge in [0.05, 0.1) is 17.5 Å². The van der Waals surface area contributed by atoms with Crippen molar-refractivity contribution < 1.29 is 15.0 Å². The number of benzene rings is 1. The molecule has 3 aliphatic carbocycles. The van der Waals surface area contributed by atoms with E-state index in [0.29, 0.717) is 35.9 Å². The van der Waals surface area contributed by atoms with E-state index in [4.69, 9.17) is 0 Å². The standard InChI is InChI=1S/C30H36N2O3/c1-18(2)11-13-30(35)14-12-24-23-10-7-20-16-21(28(34)32-25-6-5-15-31-19(25)3)8-9-22(20)27(23)26(33)17-29(24,30)4/h5-6,8-9,15-16,18,23-24,26-27,33,35H,7,10,12,14,17H2,1-4H3,(H,32,34)/t23-,24-,26-,27+,29-,30-/m0/s1. The summed E-state index contributed by atoms with van der Waals surface area (Å²) in [5.74, 6) is 7.16. The molecular weight excluding hydrogens is 436 g/mol. The fourth-order valence-electron chi connectivity index (χ4n) is 7.09. The molecule has 0 saturated heterocycles. The molecule has 35 heavy (non-hydrogen) atoms. The fraction of sp³-hybridized carbons (Fsp3) is 0.533. The van der Waals surface area contributed by atoms with Gasteiger partial charge in [0.2, 0.25) is 0 Å². The summed E-state index contributed by atoms with van der Waals surface area (Å²) in [6.45, 7) is 8.10. The average molecular weight is 473 g/mol. The quantitative estimate of drug-likeness (QED) is 0.545. The van der Waals surface area contributed by atoms with Crippen LogP contribution in [0.4, 0.5) is 5.69 Å². The van der Waals surface area contributed by atoms with Gasteiger partial charge in [-0.3, -0.25) is 9.78 Å². The number of aliphatic hydroxyl groups is 2. The molecule has 2 fully saturated rings. The summed E-state index contributed by atoms with van der Waals surface area (Å²) in [5, 5.41) is 26.0. The molecule has 0 spiro atoms. The van der Waals surface area contributed by atoms with Crippen molar-refractivity contribution >= 4 is 11.6 Å². The van der Waals surface area contributed by atoms with E-state index in [1.54, 1.807) is 6.20 Å². The minimum atomic E-state index is -1.04. The van der Waals surface area contributed by atoms with E-state index in [0.717, 1.165) is 36.1 Å². The second kappa shape index (κ2) is 8.76. The first-order valence-corrected chi connectivity index (χ1v) is 12.9. The summed E-state index contributed by atoms with van der Waals surface area (Å²) in [4.78, 5) is 17.2. The number of carbonyl (C=O) groups is 1. The third-order valence-corrected chi connectivity index (χ3v) is 8.94. The average Bonchev–Trinajstić information content (AvgIpc) is 3.09. The summed E-state index contributed by atoms with van der Waals surface area (Å²) in [6, 6.07) is 9.58. The Morgan fingerprint density at radius 3 is 2.80 bits per heavy atom. The highest BCUT2D eigenvalue weighted by atomic mass is 16.3. The molecule has 5 heteroatoms. The van der Waals surface area contributed by atoms with Crippen LogP contribution in [0.15, 0.2) is 36.5 Å². The molecule has 0 radical (unpaired) electrons. The Hall–Kier alpha value is -2.68. The van der Waals surface area contributed by atoms with E-state index in [2.05, 4.69) is 29.1 Å². The topological polar surface area (TPSA) is 82.5 Å². The maximum Gasteiger partial charge on any atom is 0.255 e. The normalized spacial score (nSPS) is 33.2. The van der Waals surface area contributed by atoms with Gasteiger partial charge < -0.3 is 15.5 Å². The second-order valence-corrected chi connectivity index (χ2v) is 11.4. The zero-order valence-electron chi connectivity index (χ0n) is 21.1. The number of carbonyl (C=O) groups excluding carboxylic acids is 1. The molecule has 2 saturated carbocycles. The highest BCUT2D eigenvalue weighted by Gasteiger charge is 2.63. The van der Waals surface area contributed by atoms with Crippen LogP contribution in [0, 0.1) is 41.9 Å². The Morgan fingerprint density at radius 1 is 1.26 bits per heavy atom. The molecule has 0 unspecified atom stereocenters. The van der Waals surface area contributed by atoms with Gasteiger partial charge in [0.1, 0.15) is 5.60 Å². The molecule has 1 amide bonds. The van der Waals surface area contributed by atoms with Gasteiger partial charge >= 0.3 is 0 Å². The Kier molecular flexibility index (Phi) is 6.02. The van der Waals surface area contributed by atoms with Gasteiger partial charge in [-0.05, 0) is 86.3 Å². The van der Waals surface area contributed by atoms with Gasteiger partial charge in [0, 0.05) is 29.0 Å². The lowest BCUT2D eigenvalue weighted by molar-refractivity contribution is -0.107. The summed E-state index contributed by atoms with van der Waals surface area (Å²) in [7, 11) is 0. The number of aromatic nitrogens is 1. The number of fused-ring (bicyclic) bond motifs is 5. The first kappa shape index (κ1) is 24.0. The van der Waals surface area contributed by atoms with Crippen LogP contribution in [-0.4, -0.2) is 32.8 Å². The van der Waals surface area contributed by atoms with Crippen molar-refractivity contribution in [1.29, 1.82) is 0 Å². The maximum absolute atomic E-state index is 12.9. The summed E-state index contributed by atoms with van der Waals surface area (Å²) >= 11 is 0. The van der Waals surface area contributed by atoms with E-state index < -0.39 is 17.1 Å². The number of nitrogens with zero attached hydrogens (tertiary/aromatic N) is 1. The molecule has 3 N–H and O–H groups in total. The van der Waals surface area contributed by atoms with Crippen LogP contribution in [0.2, 0.25) is 0 Å². The number of amides is 1. The predicted molar refractivity (Wildman–Crippen MR) is 137 cm³/mol. The van der Waals surface area contributed by atoms with Crippen LogP contribution in [-0.2, 0) is 6.42 Å². The first-order chi connectivity index (χ1) is 16.6. The van der Waals surface area contributed by atoms with E-state index in [1.807, 2.05) is 51.1 Å². The lowest BCUT2D eigenvalue weighted by Gasteiger charge is -2.54. The summed E-state index contributed by atoms with van der Waals surface area (Å²) in [5.41, 5.74) is 2.98. The molecule has 1 aromatic carbocycles. The van der Waals surface area contributed by atoms with Gasteiger partial charge in [0.25, 0.3) is 5.91 Å². The summed E-state index contributed by atoms with van der Waals surface area (Å²) in [6.07, 6.45) is 5.15. The van der Waals surface area contributed by atoms with Crippen molar-refractivity contribution in [1.82, 2.24) is 4.98 Å². The lowest BCUT2D eigenvalue weighted by Crippen LogP contribution is -2.54. The lowest BCUT2D eigenvalue weighted by atomic mass is 9.52. The number of aliphatic hydroxyl groups excluding tert-OH is 1. The third kappa shape index (κ3) is 3.97. The van der Waals surface area contributed by atoms with Crippen molar-refractivity contribution in [2.75, 3.05) is 5.32 Å². The smallest absolute Gasteiger partial charge is 0.255 e. The molecule has 0 aliphatic heterocycles. The minimum absolute atomic E-state index is 0.0370. The van der Waals surface area contributed by atoms with Crippen molar-refractivity contribution in [2.45, 2.75) is 77.4 Å². The number of rotatable bonds is 2. The van der Waals surface area contributed by atoms with Crippen LogP contribution >= 0.6 is 0 Å².